The second-order valence-corrected chi connectivity index (χ2v) is 15.7. The van der Waals surface area contributed by atoms with Gasteiger partial charge >= 0.3 is 0 Å². The topological polar surface area (TPSA) is 77.8 Å². The van der Waals surface area contributed by atoms with E-state index in [1.807, 2.05) is 54.6 Å². The predicted molar refractivity (Wildman–Crippen MR) is 252 cm³/mol. The number of hydrogen-bond donors (Lipinski definition) is 0. The van der Waals surface area contributed by atoms with Gasteiger partial charge in [-0.15, -0.1) is 0 Å². The molecule has 62 heavy (non-hydrogen) atoms. The SMILES string of the molecule is c1ccc(-c2nc(-c3cccc(-c4nc5ccccc5c5c(-c6cccc7c6oc6ccccc67)c6c(cc45)oc4ccccc46)c3)nc(-c3ccc4ccccc4c3)n2)cc1. The maximum absolute atomic E-state index is 6.76. The summed E-state index contributed by atoms with van der Waals surface area (Å²) in [6, 6.07) is 66.7. The summed E-state index contributed by atoms with van der Waals surface area (Å²) in [6.45, 7) is 0. The molecule has 0 spiro atoms. The lowest BCUT2D eigenvalue weighted by atomic mass is 9.88. The summed E-state index contributed by atoms with van der Waals surface area (Å²) < 4.78 is 13.5. The van der Waals surface area contributed by atoms with Crippen molar-refractivity contribution in [3.8, 4) is 56.5 Å². The maximum Gasteiger partial charge on any atom is 0.164 e. The Morgan fingerprint density at radius 2 is 0.935 bits per heavy atom. The highest BCUT2D eigenvalue weighted by Crippen LogP contribution is 2.49. The molecule has 0 saturated heterocycles. The molecule has 0 amide bonds. The van der Waals surface area contributed by atoms with Gasteiger partial charge in [0, 0.05) is 71.1 Å². The van der Waals surface area contributed by atoms with Crippen LogP contribution in [0.1, 0.15) is 0 Å². The number of nitrogens with zero attached hydrogens (tertiary/aromatic N) is 4. The molecule has 0 saturated carbocycles. The molecule has 0 bridgehead atoms. The smallest absolute Gasteiger partial charge is 0.164 e. The number of rotatable bonds is 5. The maximum atomic E-state index is 6.76. The van der Waals surface area contributed by atoms with E-state index < -0.39 is 0 Å². The molecule has 0 atom stereocenters. The number of para-hydroxylation sites is 4. The molecule has 0 unspecified atom stereocenters. The highest BCUT2D eigenvalue weighted by molar-refractivity contribution is 6.29. The first kappa shape index (κ1) is 34.4. The third-order valence-corrected chi connectivity index (χ3v) is 12.1. The fraction of sp³-hybridized carbons (Fsp3) is 0. The van der Waals surface area contributed by atoms with E-state index >= 15 is 0 Å². The Morgan fingerprint density at radius 1 is 0.323 bits per heavy atom. The third kappa shape index (κ3) is 5.37. The van der Waals surface area contributed by atoms with Gasteiger partial charge in [0.05, 0.1) is 11.2 Å². The van der Waals surface area contributed by atoms with E-state index in [0.29, 0.717) is 17.5 Å². The first-order chi connectivity index (χ1) is 30.7. The van der Waals surface area contributed by atoms with Crippen molar-refractivity contribution in [2.75, 3.05) is 0 Å². The van der Waals surface area contributed by atoms with Crippen LogP contribution in [0.3, 0.4) is 0 Å². The Balaban J connectivity index is 1.08. The zero-order chi connectivity index (χ0) is 40.7. The quantitative estimate of drug-likeness (QED) is 0.162. The van der Waals surface area contributed by atoms with Crippen molar-refractivity contribution in [3.05, 3.63) is 194 Å². The van der Waals surface area contributed by atoms with E-state index in [1.165, 1.54) is 0 Å². The van der Waals surface area contributed by atoms with E-state index in [9.17, 15) is 0 Å². The largest absolute Gasteiger partial charge is 0.456 e. The van der Waals surface area contributed by atoms with Crippen molar-refractivity contribution in [2.45, 2.75) is 0 Å². The molecule has 13 rings (SSSR count). The Kier molecular flexibility index (Phi) is 7.50. The molecule has 0 aliphatic heterocycles. The van der Waals surface area contributed by atoms with Gasteiger partial charge in [0.1, 0.15) is 22.3 Å². The van der Waals surface area contributed by atoms with Crippen LogP contribution < -0.4 is 0 Å². The summed E-state index contributed by atoms with van der Waals surface area (Å²) in [5.41, 5.74) is 10.7. The Bertz CT molecular complexity index is 3940. The second kappa shape index (κ2) is 13.5. The average Bonchev–Trinajstić information content (AvgIpc) is 3.92. The molecular weight excluding hydrogens is 761 g/mol. The predicted octanol–water partition coefficient (Wildman–Crippen LogP) is 14.9. The van der Waals surface area contributed by atoms with E-state index in [-0.39, 0.29) is 0 Å². The van der Waals surface area contributed by atoms with Crippen molar-refractivity contribution in [2.24, 2.45) is 0 Å². The first-order valence-corrected chi connectivity index (χ1v) is 20.7. The van der Waals surface area contributed by atoms with Crippen LogP contribution in [-0.2, 0) is 0 Å². The van der Waals surface area contributed by atoms with Gasteiger partial charge in [-0.25, -0.2) is 19.9 Å². The summed E-state index contributed by atoms with van der Waals surface area (Å²) in [7, 11) is 0. The Labute approximate surface area is 354 Å². The van der Waals surface area contributed by atoms with Crippen LogP contribution in [0, 0.1) is 0 Å². The van der Waals surface area contributed by atoms with Gasteiger partial charge in [-0.2, -0.15) is 0 Å². The van der Waals surface area contributed by atoms with Crippen molar-refractivity contribution >= 4 is 76.3 Å². The number of benzene rings is 9. The Hall–Kier alpha value is -8.48. The minimum Gasteiger partial charge on any atom is -0.456 e. The molecule has 13 aromatic rings. The third-order valence-electron chi connectivity index (χ3n) is 12.1. The van der Waals surface area contributed by atoms with Crippen LogP contribution >= 0.6 is 0 Å². The Morgan fingerprint density at radius 3 is 1.77 bits per heavy atom. The highest BCUT2D eigenvalue weighted by Gasteiger charge is 2.24. The lowest BCUT2D eigenvalue weighted by molar-refractivity contribution is 0.669. The van der Waals surface area contributed by atoms with Crippen LogP contribution in [0.15, 0.2) is 203 Å². The lowest BCUT2D eigenvalue weighted by Crippen LogP contribution is -2.00. The van der Waals surface area contributed by atoms with Gasteiger partial charge in [-0.3, -0.25) is 0 Å². The summed E-state index contributed by atoms with van der Waals surface area (Å²) >= 11 is 0. The summed E-state index contributed by atoms with van der Waals surface area (Å²) in [4.78, 5) is 20.7. The van der Waals surface area contributed by atoms with Crippen LogP contribution in [0.2, 0.25) is 0 Å². The van der Waals surface area contributed by atoms with E-state index in [2.05, 4.69) is 140 Å². The fourth-order valence-electron chi connectivity index (χ4n) is 9.23. The summed E-state index contributed by atoms with van der Waals surface area (Å²) in [5, 5.41) is 9.61. The zero-order valence-electron chi connectivity index (χ0n) is 33.1. The molecule has 4 aromatic heterocycles. The normalized spacial score (nSPS) is 11.9. The van der Waals surface area contributed by atoms with Gasteiger partial charge in [-0.05, 0) is 47.2 Å². The minimum atomic E-state index is 0.575. The van der Waals surface area contributed by atoms with E-state index in [0.717, 1.165) is 115 Å². The van der Waals surface area contributed by atoms with Crippen LogP contribution in [-0.4, -0.2) is 19.9 Å². The van der Waals surface area contributed by atoms with E-state index in [4.69, 9.17) is 28.8 Å². The number of aromatic nitrogens is 4. The van der Waals surface area contributed by atoms with Gasteiger partial charge in [0.2, 0.25) is 0 Å². The number of fused-ring (bicyclic) bond motifs is 10. The first-order valence-electron chi connectivity index (χ1n) is 20.7. The number of pyridine rings is 1. The highest BCUT2D eigenvalue weighted by atomic mass is 16.3. The van der Waals surface area contributed by atoms with Crippen LogP contribution in [0.5, 0.6) is 0 Å². The van der Waals surface area contributed by atoms with Gasteiger partial charge < -0.3 is 8.83 Å². The van der Waals surface area contributed by atoms with Gasteiger partial charge in [0.25, 0.3) is 0 Å². The minimum absolute atomic E-state index is 0.575. The fourth-order valence-corrected chi connectivity index (χ4v) is 9.23. The van der Waals surface area contributed by atoms with E-state index in [1.54, 1.807) is 0 Å². The molecule has 6 nitrogen and oxygen atoms in total. The molecule has 288 valence electrons. The van der Waals surface area contributed by atoms with Crippen molar-refractivity contribution < 1.29 is 8.83 Å². The van der Waals surface area contributed by atoms with Gasteiger partial charge in [0.15, 0.2) is 17.5 Å². The number of hydrogen-bond acceptors (Lipinski definition) is 6. The molecule has 0 aliphatic carbocycles. The summed E-state index contributed by atoms with van der Waals surface area (Å²) in [5.74, 6) is 1.79. The summed E-state index contributed by atoms with van der Waals surface area (Å²) in [6.07, 6.45) is 0. The molecule has 0 fully saturated rings. The lowest BCUT2D eigenvalue weighted by Gasteiger charge is -2.16. The zero-order valence-corrected chi connectivity index (χ0v) is 33.1. The monoisotopic (exact) mass is 792 g/mol. The molecule has 0 N–H and O–H groups in total. The molecule has 0 radical (unpaired) electrons. The van der Waals surface area contributed by atoms with Crippen LogP contribution in [0.25, 0.3) is 133 Å². The average molecular weight is 793 g/mol. The molecule has 4 heterocycles. The molecule has 0 aliphatic rings. The van der Waals surface area contributed by atoms with Crippen molar-refractivity contribution in [3.63, 3.8) is 0 Å². The van der Waals surface area contributed by atoms with Crippen molar-refractivity contribution in [1.82, 2.24) is 19.9 Å². The molecule has 6 heteroatoms. The standard InChI is InChI=1S/C56H32N4O2/c1-2-15-34(16-3-1)54-58-55(60-56(59-54)38-29-28-33-14-4-5-17-35(33)30-38)37-19-12-18-36(31-37)52-44-32-48-50(42-22-8-11-27-47(42)61-48)51(49(44)41-21-6-9-25-45(41)57-52)43-24-13-23-40-39-20-7-10-26-46(39)62-53(40)43/h1-32H. The molecule has 9 aromatic carbocycles. The van der Waals surface area contributed by atoms with Crippen molar-refractivity contribution in [1.29, 1.82) is 0 Å². The van der Waals surface area contributed by atoms with Gasteiger partial charge in [-0.1, -0.05) is 158 Å². The second-order valence-electron chi connectivity index (χ2n) is 15.7. The number of furan rings is 2. The molecular formula is C56H32N4O2. The van der Waals surface area contributed by atoms with Crippen LogP contribution in [0.4, 0.5) is 0 Å².